The second kappa shape index (κ2) is 10.3. The first-order valence-corrected chi connectivity index (χ1v) is 15.5. The van der Waals surface area contributed by atoms with E-state index in [-0.39, 0.29) is 0 Å². The van der Waals surface area contributed by atoms with E-state index in [0.717, 1.165) is 37.1 Å². The summed E-state index contributed by atoms with van der Waals surface area (Å²) >= 11 is 1.61. The number of imidazole rings is 1. The second-order valence-corrected chi connectivity index (χ2v) is 14.0. The van der Waals surface area contributed by atoms with Gasteiger partial charge in [0.05, 0.1) is 10.3 Å². The van der Waals surface area contributed by atoms with Gasteiger partial charge in [-0.1, -0.05) is 96.6 Å². The molecule has 6 aromatic rings. The van der Waals surface area contributed by atoms with Crippen molar-refractivity contribution < 1.29 is 4.57 Å². The molecule has 0 aliphatic carbocycles. The largest absolute Gasteiger partial charge is 0.308 e. The van der Waals surface area contributed by atoms with E-state index in [0.29, 0.717) is 0 Å². The Kier molecular flexibility index (Phi) is 6.68. The molecule has 0 fully saturated rings. The Balaban J connectivity index is 1.42. The van der Waals surface area contributed by atoms with E-state index in [1.54, 1.807) is 11.3 Å². The quantitative estimate of drug-likeness (QED) is 0.200. The van der Waals surface area contributed by atoms with Crippen LogP contribution >= 0.6 is 18.5 Å². The van der Waals surface area contributed by atoms with Gasteiger partial charge in [-0.05, 0) is 55.7 Å². The molecule has 0 aliphatic heterocycles. The number of hydrogen-bond acceptors (Lipinski definition) is 3. The lowest BCUT2D eigenvalue weighted by Gasteiger charge is -2.18. The summed E-state index contributed by atoms with van der Waals surface area (Å²) < 4.78 is 17.9. The summed E-state index contributed by atoms with van der Waals surface area (Å²) in [5.74, 6) is 0.905. The minimum atomic E-state index is -3.00. The molecule has 6 rings (SSSR count). The van der Waals surface area contributed by atoms with Crippen LogP contribution in [0.25, 0.3) is 27.5 Å². The van der Waals surface area contributed by atoms with Gasteiger partial charge in [0.15, 0.2) is 7.14 Å². The molecule has 0 bridgehead atoms. The summed E-state index contributed by atoms with van der Waals surface area (Å²) in [4.78, 5) is 5.83. The fourth-order valence-corrected chi connectivity index (χ4v) is 9.85. The highest BCUT2D eigenvalue weighted by Crippen LogP contribution is 2.45. The van der Waals surface area contributed by atoms with Crippen molar-refractivity contribution in [1.82, 2.24) is 9.55 Å². The Morgan fingerprint density at radius 3 is 1.95 bits per heavy atom. The van der Waals surface area contributed by atoms with Crippen LogP contribution in [0.1, 0.15) is 16.7 Å². The van der Waals surface area contributed by atoms with E-state index in [1.807, 2.05) is 79.1 Å². The molecule has 0 radical (unpaired) electrons. The molecule has 0 spiro atoms. The summed E-state index contributed by atoms with van der Waals surface area (Å²) in [5.41, 5.74) is 7.01. The normalized spacial score (nSPS) is 11.6. The Morgan fingerprint density at radius 1 is 0.692 bits per heavy atom. The zero-order chi connectivity index (χ0) is 27.0. The molecule has 3 nitrogen and oxygen atoms in total. The van der Waals surface area contributed by atoms with Gasteiger partial charge in [0.1, 0.15) is 5.82 Å². The predicted molar refractivity (Wildman–Crippen MR) is 166 cm³/mol. The maximum atomic E-state index is 14.8. The molecule has 39 heavy (non-hydrogen) atoms. The van der Waals surface area contributed by atoms with Crippen molar-refractivity contribution >= 4 is 33.7 Å². The third kappa shape index (κ3) is 4.61. The lowest BCUT2D eigenvalue weighted by molar-refractivity contribution is 0.593. The number of hydrogen-bond donors (Lipinski definition) is 0. The van der Waals surface area contributed by atoms with Gasteiger partial charge in [-0.25, -0.2) is 4.98 Å². The number of benzene rings is 4. The SMILES string of the molecule is Cc1cc(C)c(-n2ccnc2-c2cccc(-c3ccc(P(=O)(c4ccccc4)c4ccccc4)s3)c2)c(C)c1. The van der Waals surface area contributed by atoms with Crippen LogP contribution in [-0.2, 0) is 4.57 Å². The predicted octanol–water partition coefficient (Wildman–Crippen LogP) is 7.83. The number of aromatic nitrogens is 2. The molecule has 2 heterocycles. The highest BCUT2D eigenvalue weighted by molar-refractivity contribution is 7.89. The van der Waals surface area contributed by atoms with Crippen LogP contribution in [0.4, 0.5) is 0 Å². The average Bonchev–Trinajstić information content (AvgIpc) is 3.64. The fraction of sp³-hybridized carbons (Fsp3) is 0.0882. The highest BCUT2D eigenvalue weighted by Gasteiger charge is 2.31. The fourth-order valence-electron chi connectivity index (χ4n) is 5.39. The number of aryl methyl sites for hydroxylation is 3. The van der Waals surface area contributed by atoms with Crippen molar-refractivity contribution in [2.75, 3.05) is 0 Å². The van der Waals surface area contributed by atoms with Gasteiger partial charge in [0.25, 0.3) is 0 Å². The Labute approximate surface area is 233 Å². The standard InChI is InChI=1S/C34H29N2OPS/c1-24-21-25(2)33(26(3)22-24)36-20-19-35-34(36)28-12-10-11-27(23-28)31-17-18-32(39-31)38(37,29-13-6-4-7-14-29)30-15-8-5-9-16-30/h4-23H,1-3H3. The molecule has 4 aromatic carbocycles. The van der Waals surface area contributed by atoms with Crippen LogP contribution in [0.5, 0.6) is 0 Å². The molecule has 5 heteroatoms. The molecule has 0 amide bonds. The third-order valence-electron chi connectivity index (χ3n) is 7.06. The smallest absolute Gasteiger partial charge is 0.180 e. The van der Waals surface area contributed by atoms with Crippen molar-refractivity contribution in [1.29, 1.82) is 0 Å². The summed E-state index contributed by atoms with van der Waals surface area (Å²) in [5, 5.41) is 1.70. The summed E-state index contributed by atoms with van der Waals surface area (Å²) in [6, 6.07) is 36.7. The first kappa shape index (κ1) is 25.3. The topological polar surface area (TPSA) is 34.9 Å². The number of thiophene rings is 1. The first-order valence-electron chi connectivity index (χ1n) is 13.0. The van der Waals surface area contributed by atoms with Crippen molar-refractivity contribution in [3.63, 3.8) is 0 Å². The zero-order valence-electron chi connectivity index (χ0n) is 22.2. The Bertz CT molecular complexity index is 1750. The van der Waals surface area contributed by atoms with Gasteiger partial charge >= 0.3 is 0 Å². The Hall–Kier alpha value is -3.98. The van der Waals surface area contributed by atoms with Gasteiger partial charge in [0.2, 0.25) is 0 Å². The van der Waals surface area contributed by atoms with E-state index in [1.165, 1.54) is 22.4 Å². The molecule has 2 aromatic heterocycles. The lowest BCUT2D eigenvalue weighted by atomic mass is 10.0. The Morgan fingerprint density at radius 2 is 1.31 bits per heavy atom. The van der Waals surface area contributed by atoms with E-state index >= 15 is 0 Å². The molecule has 0 N–H and O–H groups in total. The third-order valence-corrected chi connectivity index (χ3v) is 11.9. The van der Waals surface area contributed by atoms with Crippen LogP contribution < -0.4 is 15.2 Å². The van der Waals surface area contributed by atoms with Crippen molar-refractivity contribution in [2.24, 2.45) is 0 Å². The highest BCUT2D eigenvalue weighted by atomic mass is 32.1. The summed E-state index contributed by atoms with van der Waals surface area (Å²) in [6.45, 7) is 6.44. The summed E-state index contributed by atoms with van der Waals surface area (Å²) in [6.07, 6.45) is 3.89. The minimum Gasteiger partial charge on any atom is -0.308 e. The van der Waals surface area contributed by atoms with Crippen molar-refractivity contribution in [2.45, 2.75) is 20.8 Å². The van der Waals surface area contributed by atoms with Gasteiger partial charge in [-0.15, -0.1) is 11.3 Å². The maximum Gasteiger partial charge on any atom is 0.180 e. The molecule has 0 saturated heterocycles. The van der Waals surface area contributed by atoms with Crippen LogP contribution in [0.2, 0.25) is 0 Å². The molecule has 0 aliphatic rings. The number of rotatable bonds is 6. The molecule has 0 atom stereocenters. The van der Waals surface area contributed by atoms with Crippen LogP contribution in [-0.4, -0.2) is 9.55 Å². The van der Waals surface area contributed by atoms with E-state index in [9.17, 15) is 4.57 Å². The van der Waals surface area contributed by atoms with Crippen LogP contribution in [0.15, 0.2) is 122 Å². The van der Waals surface area contributed by atoms with Crippen molar-refractivity contribution in [3.8, 4) is 27.5 Å². The monoisotopic (exact) mass is 544 g/mol. The number of nitrogens with zero attached hydrogens (tertiary/aromatic N) is 2. The van der Waals surface area contributed by atoms with Gasteiger partial charge < -0.3 is 4.57 Å². The van der Waals surface area contributed by atoms with E-state index in [4.69, 9.17) is 4.98 Å². The lowest BCUT2D eigenvalue weighted by Crippen LogP contribution is -2.22. The summed E-state index contributed by atoms with van der Waals surface area (Å²) in [7, 11) is -3.00. The molecule has 192 valence electrons. The van der Waals surface area contributed by atoms with Crippen LogP contribution in [0, 0.1) is 20.8 Å². The molecular weight excluding hydrogens is 515 g/mol. The molecular formula is C34H29N2OPS. The van der Waals surface area contributed by atoms with Gasteiger partial charge in [0, 0.05) is 33.4 Å². The first-order chi connectivity index (χ1) is 18.9. The average molecular weight is 545 g/mol. The van der Waals surface area contributed by atoms with E-state index in [2.05, 4.69) is 67.8 Å². The van der Waals surface area contributed by atoms with E-state index < -0.39 is 7.14 Å². The maximum absolute atomic E-state index is 14.8. The second-order valence-electron chi connectivity index (χ2n) is 9.87. The van der Waals surface area contributed by atoms with Crippen LogP contribution in [0.3, 0.4) is 0 Å². The van der Waals surface area contributed by atoms with Gasteiger partial charge in [-0.3, -0.25) is 4.57 Å². The van der Waals surface area contributed by atoms with Crippen molar-refractivity contribution in [3.05, 3.63) is 138 Å². The zero-order valence-corrected chi connectivity index (χ0v) is 23.9. The molecule has 0 unspecified atom stereocenters. The minimum absolute atomic E-state index is 0.851. The molecule has 0 saturated carbocycles. The van der Waals surface area contributed by atoms with Gasteiger partial charge in [-0.2, -0.15) is 0 Å².